The van der Waals surface area contributed by atoms with Gasteiger partial charge in [0.25, 0.3) is 0 Å². The van der Waals surface area contributed by atoms with Gasteiger partial charge in [0.05, 0.1) is 0 Å². The second-order valence-corrected chi connectivity index (χ2v) is 4.24. The van der Waals surface area contributed by atoms with Gasteiger partial charge in [0.1, 0.15) is 5.75 Å². The maximum absolute atomic E-state index is 9.37. The van der Waals surface area contributed by atoms with Crippen molar-refractivity contribution in [1.82, 2.24) is 4.90 Å². The Hall–Kier alpha value is -1.28. The number of phenolic OH excluding ortho intramolecular Hbond substituents is 1. The largest absolute Gasteiger partial charge is 0.508 e. The molecule has 0 aromatic heterocycles. The van der Waals surface area contributed by atoms with E-state index in [2.05, 4.69) is 18.4 Å². The Bertz CT molecular complexity index is 344. The summed E-state index contributed by atoms with van der Waals surface area (Å²) in [6.45, 7) is 7.19. The van der Waals surface area contributed by atoms with Gasteiger partial charge in [0, 0.05) is 6.54 Å². The number of phenols is 1. The van der Waals surface area contributed by atoms with Crippen LogP contribution in [0.4, 0.5) is 0 Å². The Morgan fingerprint density at radius 1 is 1.47 bits per heavy atom. The predicted octanol–water partition coefficient (Wildman–Crippen LogP) is 2.60. The lowest BCUT2D eigenvalue weighted by atomic mass is 9.95. The Morgan fingerprint density at radius 2 is 2.13 bits per heavy atom. The Morgan fingerprint density at radius 3 is 2.67 bits per heavy atom. The average molecular weight is 205 g/mol. The fraction of sp³-hybridized carbons (Fsp3) is 0.385. The van der Waals surface area contributed by atoms with E-state index in [1.165, 1.54) is 0 Å². The van der Waals surface area contributed by atoms with Crippen LogP contribution in [-0.2, 0) is 0 Å². The zero-order chi connectivity index (χ0) is 11.4. The normalized spacial score (nSPS) is 12.8. The summed E-state index contributed by atoms with van der Waals surface area (Å²) in [5.41, 5.74) is 2.09. The van der Waals surface area contributed by atoms with Crippen molar-refractivity contribution in [3.63, 3.8) is 0 Å². The molecule has 0 saturated heterocycles. The molecule has 0 aliphatic carbocycles. The van der Waals surface area contributed by atoms with Crippen LogP contribution in [0.25, 0.3) is 5.57 Å². The Balaban J connectivity index is 2.76. The van der Waals surface area contributed by atoms with Gasteiger partial charge < -0.3 is 10.0 Å². The van der Waals surface area contributed by atoms with E-state index < -0.39 is 0 Å². The summed E-state index contributed by atoms with van der Waals surface area (Å²) >= 11 is 0. The molecule has 0 radical (unpaired) electrons. The second-order valence-electron chi connectivity index (χ2n) is 4.24. The number of aromatic hydroxyl groups is 1. The highest BCUT2D eigenvalue weighted by Crippen LogP contribution is 2.24. The van der Waals surface area contributed by atoms with E-state index in [1.54, 1.807) is 12.1 Å². The van der Waals surface area contributed by atoms with Gasteiger partial charge in [-0.05, 0) is 43.3 Å². The Kier molecular flexibility index (Phi) is 3.92. The summed E-state index contributed by atoms with van der Waals surface area (Å²) in [5.74, 6) is 0.688. The molecule has 0 amide bonds. The lowest BCUT2D eigenvalue weighted by Crippen LogP contribution is -2.20. The summed E-state index contributed by atoms with van der Waals surface area (Å²) in [6, 6.07) is 7.26. The number of rotatable bonds is 4. The topological polar surface area (TPSA) is 23.5 Å². The van der Waals surface area contributed by atoms with Gasteiger partial charge in [0.2, 0.25) is 0 Å². The molecule has 0 heterocycles. The average Bonchev–Trinajstić information content (AvgIpc) is 2.15. The highest BCUT2D eigenvalue weighted by Gasteiger charge is 2.10. The third-order valence-electron chi connectivity index (χ3n) is 2.45. The van der Waals surface area contributed by atoms with E-state index >= 15 is 0 Å². The first-order chi connectivity index (χ1) is 7.00. The van der Waals surface area contributed by atoms with E-state index in [0.717, 1.165) is 17.7 Å². The first-order valence-electron chi connectivity index (χ1n) is 5.13. The molecule has 82 valence electrons. The zero-order valence-corrected chi connectivity index (χ0v) is 9.70. The van der Waals surface area contributed by atoms with Crippen LogP contribution in [0.3, 0.4) is 0 Å². The van der Waals surface area contributed by atoms with Crippen LogP contribution in [0.15, 0.2) is 30.8 Å². The lowest BCUT2D eigenvalue weighted by Gasteiger charge is -2.19. The first kappa shape index (κ1) is 11.8. The van der Waals surface area contributed by atoms with E-state index in [1.807, 2.05) is 26.2 Å². The first-order valence-corrected chi connectivity index (χ1v) is 5.13. The minimum atomic E-state index is 0.297. The second kappa shape index (κ2) is 4.99. The van der Waals surface area contributed by atoms with Crippen LogP contribution in [0, 0.1) is 5.92 Å². The molecule has 0 aliphatic rings. The minimum absolute atomic E-state index is 0.297. The van der Waals surface area contributed by atoms with E-state index in [4.69, 9.17) is 0 Å². The van der Waals surface area contributed by atoms with Crippen molar-refractivity contribution in [2.45, 2.75) is 6.92 Å². The molecule has 0 bridgehead atoms. The van der Waals surface area contributed by atoms with Crippen LogP contribution in [-0.4, -0.2) is 30.6 Å². The number of hydrogen-bond acceptors (Lipinski definition) is 2. The van der Waals surface area contributed by atoms with Crippen molar-refractivity contribution in [2.24, 2.45) is 5.92 Å². The smallest absolute Gasteiger partial charge is 0.116 e. The van der Waals surface area contributed by atoms with Crippen molar-refractivity contribution in [1.29, 1.82) is 0 Å². The van der Waals surface area contributed by atoms with Crippen LogP contribution < -0.4 is 0 Å². The van der Waals surface area contributed by atoms with Crippen molar-refractivity contribution in [3.05, 3.63) is 36.4 Å². The molecule has 2 nitrogen and oxygen atoms in total. The zero-order valence-electron chi connectivity index (χ0n) is 9.70. The SMILES string of the molecule is C=C(c1cccc(O)c1)C(C)CN(C)C. The number of benzene rings is 1. The maximum atomic E-state index is 9.37. The lowest BCUT2D eigenvalue weighted by molar-refractivity contribution is 0.376. The highest BCUT2D eigenvalue weighted by molar-refractivity contribution is 5.66. The molecule has 1 N–H and O–H groups in total. The van der Waals surface area contributed by atoms with Crippen LogP contribution in [0.5, 0.6) is 5.75 Å². The molecule has 0 aliphatic heterocycles. The molecular formula is C13H19NO. The van der Waals surface area contributed by atoms with Crippen LogP contribution in [0.2, 0.25) is 0 Å². The Labute approximate surface area is 91.9 Å². The summed E-state index contributed by atoms with van der Waals surface area (Å²) in [7, 11) is 4.10. The maximum Gasteiger partial charge on any atom is 0.116 e. The fourth-order valence-corrected chi connectivity index (χ4v) is 1.65. The summed E-state index contributed by atoms with van der Waals surface area (Å²) < 4.78 is 0. The predicted molar refractivity (Wildman–Crippen MR) is 64.9 cm³/mol. The van der Waals surface area contributed by atoms with Crippen LogP contribution >= 0.6 is 0 Å². The van der Waals surface area contributed by atoms with E-state index in [9.17, 15) is 5.11 Å². The standard InChI is InChI=1S/C13H19NO/c1-10(9-14(3)4)11(2)12-6-5-7-13(15)8-12/h5-8,10,15H,2,9H2,1,3-4H3. The highest BCUT2D eigenvalue weighted by atomic mass is 16.3. The van der Waals surface area contributed by atoms with Crippen molar-refractivity contribution in [2.75, 3.05) is 20.6 Å². The van der Waals surface area contributed by atoms with Gasteiger partial charge >= 0.3 is 0 Å². The fourth-order valence-electron chi connectivity index (χ4n) is 1.65. The van der Waals surface area contributed by atoms with Gasteiger partial charge in [-0.2, -0.15) is 0 Å². The molecular weight excluding hydrogens is 186 g/mol. The number of hydrogen-bond donors (Lipinski definition) is 1. The van der Waals surface area contributed by atoms with Gasteiger partial charge in [0.15, 0.2) is 0 Å². The molecule has 1 aromatic carbocycles. The number of nitrogens with zero attached hydrogens (tertiary/aromatic N) is 1. The monoisotopic (exact) mass is 205 g/mol. The molecule has 2 heteroatoms. The third-order valence-corrected chi connectivity index (χ3v) is 2.45. The molecule has 1 aromatic rings. The van der Waals surface area contributed by atoms with Gasteiger partial charge in [-0.25, -0.2) is 0 Å². The molecule has 1 atom stereocenters. The quantitative estimate of drug-likeness (QED) is 0.816. The van der Waals surface area contributed by atoms with E-state index in [-0.39, 0.29) is 0 Å². The molecule has 1 unspecified atom stereocenters. The van der Waals surface area contributed by atoms with Crippen molar-refractivity contribution >= 4 is 5.57 Å². The molecule has 0 spiro atoms. The third kappa shape index (κ3) is 3.40. The molecule has 15 heavy (non-hydrogen) atoms. The minimum Gasteiger partial charge on any atom is -0.508 e. The van der Waals surface area contributed by atoms with Gasteiger partial charge in [-0.15, -0.1) is 0 Å². The summed E-state index contributed by atoms with van der Waals surface area (Å²) in [5, 5.41) is 9.37. The van der Waals surface area contributed by atoms with Gasteiger partial charge in [-0.1, -0.05) is 25.6 Å². The summed E-state index contributed by atoms with van der Waals surface area (Å²) in [6.07, 6.45) is 0. The molecule has 0 fully saturated rings. The summed E-state index contributed by atoms with van der Waals surface area (Å²) in [4.78, 5) is 2.14. The van der Waals surface area contributed by atoms with Crippen molar-refractivity contribution in [3.8, 4) is 5.75 Å². The van der Waals surface area contributed by atoms with E-state index in [0.29, 0.717) is 11.7 Å². The van der Waals surface area contributed by atoms with Crippen molar-refractivity contribution < 1.29 is 5.11 Å². The van der Waals surface area contributed by atoms with Gasteiger partial charge in [-0.3, -0.25) is 0 Å². The van der Waals surface area contributed by atoms with Crippen LogP contribution in [0.1, 0.15) is 12.5 Å². The molecule has 1 rings (SSSR count). The molecule has 0 saturated carbocycles.